The Bertz CT molecular complexity index is 491. The fourth-order valence-corrected chi connectivity index (χ4v) is 1.59. The van der Waals surface area contributed by atoms with Gasteiger partial charge >= 0.3 is 6.03 Å². The van der Waals surface area contributed by atoms with E-state index in [-0.39, 0.29) is 31.3 Å². The summed E-state index contributed by atoms with van der Waals surface area (Å²) in [7, 11) is 0. The molecule has 4 amide bonds. The third-order valence-electron chi connectivity index (χ3n) is 2.68. The van der Waals surface area contributed by atoms with Crippen molar-refractivity contribution in [2.75, 3.05) is 25.0 Å². The largest absolute Gasteiger partial charge is 0.356 e. The maximum absolute atomic E-state index is 11.6. The second-order valence-corrected chi connectivity index (χ2v) is 4.62. The topological polar surface area (TPSA) is 99.3 Å². The molecule has 0 aliphatic heterocycles. The Morgan fingerprint density at radius 2 is 1.64 bits per heavy atom. The molecule has 0 unspecified atom stereocenters. The highest BCUT2D eigenvalue weighted by molar-refractivity contribution is 5.94. The number of para-hydroxylation sites is 1. The molecule has 0 radical (unpaired) electrons. The van der Waals surface area contributed by atoms with Gasteiger partial charge in [0, 0.05) is 25.2 Å². The predicted molar refractivity (Wildman–Crippen MR) is 84.4 cm³/mol. The highest BCUT2D eigenvalue weighted by Crippen LogP contribution is 2.03. The third kappa shape index (κ3) is 7.88. The van der Waals surface area contributed by atoms with Crippen LogP contribution in [0.25, 0.3) is 0 Å². The highest BCUT2D eigenvalue weighted by atomic mass is 16.2. The van der Waals surface area contributed by atoms with Gasteiger partial charge in [0.2, 0.25) is 11.8 Å². The van der Waals surface area contributed by atoms with Gasteiger partial charge in [0.1, 0.15) is 0 Å². The number of rotatable bonds is 8. The van der Waals surface area contributed by atoms with Gasteiger partial charge in [0.15, 0.2) is 0 Å². The molecule has 7 nitrogen and oxygen atoms in total. The minimum Gasteiger partial charge on any atom is -0.356 e. The van der Waals surface area contributed by atoms with Crippen LogP contribution in [0.1, 0.15) is 19.8 Å². The van der Waals surface area contributed by atoms with Gasteiger partial charge in [-0.2, -0.15) is 0 Å². The average Bonchev–Trinajstić information content (AvgIpc) is 2.52. The summed E-state index contributed by atoms with van der Waals surface area (Å²) in [5.41, 5.74) is 0.669. The zero-order valence-electron chi connectivity index (χ0n) is 12.6. The molecule has 0 saturated heterocycles. The van der Waals surface area contributed by atoms with Crippen LogP contribution in [0.3, 0.4) is 0 Å². The molecule has 1 aromatic rings. The summed E-state index contributed by atoms with van der Waals surface area (Å²) in [6.45, 7) is 2.68. The minimum absolute atomic E-state index is 0.107. The Balaban J connectivity index is 2.12. The van der Waals surface area contributed by atoms with Crippen LogP contribution in [-0.4, -0.2) is 37.5 Å². The van der Waals surface area contributed by atoms with Crippen LogP contribution >= 0.6 is 0 Å². The Morgan fingerprint density at radius 1 is 0.909 bits per heavy atom. The molecule has 0 heterocycles. The SMILES string of the molecule is CCCNC(=O)CCNC(=O)NCC(=O)Nc1ccccc1. The predicted octanol–water partition coefficient (Wildman–Crippen LogP) is 0.841. The number of benzene rings is 1. The van der Waals surface area contributed by atoms with Crippen molar-refractivity contribution in [3.05, 3.63) is 30.3 Å². The standard InChI is InChI=1S/C15H22N4O3/c1-2-9-16-13(20)8-10-17-15(22)18-11-14(21)19-12-6-4-3-5-7-12/h3-7H,2,8-11H2,1H3,(H,16,20)(H,19,21)(H2,17,18,22). The number of hydrogen-bond acceptors (Lipinski definition) is 3. The van der Waals surface area contributed by atoms with Gasteiger partial charge in [-0.3, -0.25) is 9.59 Å². The summed E-state index contributed by atoms with van der Waals surface area (Å²) in [5.74, 6) is -0.425. The zero-order chi connectivity index (χ0) is 16.2. The molecule has 0 atom stereocenters. The van der Waals surface area contributed by atoms with E-state index in [1.807, 2.05) is 13.0 Å². The second kappa shape index (κ2) is 10.2. The molecule has 1 rings (SSSR count). The lowest BCUT2D eigenvalue weighted by Crippen LogP contribution is -2.41. The fourth-order valence-electron chi connectivity index (χ4n) is 1.59. The van der Waals surface area contributed by atoms with Crippen LogP contribution in [0.15, 0.2) is 30.3 Å². The highest BCUT2D eigenvalue weighted by Gasteiger charge is 2.06. The number of nitrogens with one attached hydrogen (secondary N) is 4. The van der Waals surface area contributed by atoms with Crippen molar-refractivity contribution in [2.24, 2.45) is 0 Å². The van der Waals surface area contributed by atoms with Crippen LogP contribution in [0, 0.1) is 0 Å². The number of hydrogen-bond donors (Lipinski definition) is 4. The maximum Gasteiger partial charge on any atom is 0.315 e. The summed E-state index contributed by atoms with van der Waals surface area (Å²) >= 11 is 0. The summed E-state index contributed by atoms with van der Waals surface area (Å²) in [6, 6.07) is 8.49. The molecule has 0 saturated carbocycles. The molecule has 7 heteroatoms. The number of urea groups is 1. The number of amides is 4. The molecule has 1 aromatic carbocycles. The molecular formula is C15H22N4O3. The Labute approximate surface area is 129 Å². The van der Waals surface area contributed by atoms with Gasteiger partial charge in [0.25, 0.3) is 0 Å². The molecule has 0 spiro atoms. The van der Waals surface area contributed by atoms with E-state index in [4.69, 9.17) is 0 Å². The summed E-state index contributed by atoms with van der Waals surface area (Å²) in [5, 5.41) is 10.3. The number of carbonyl (C=O) groups excluding carboxylic acids is 3. The number of anilines is 1. The van der Waals surface area contributed by atoms with Crippen LogP contribution in [0.5, 0.6) is 0 Å². The van der Waals surface area contributed by atoms with E-state index >= 15 is 0 Å². The van der Waals surface area contributed by atoms with E-state index in [0.717, 1.165) is 6.42 Å². The molecule has 0 aliphatic rings. The van der Waals surface area contributed by atoms with Crippen LogP contribution in [0.4, 0.5) is 10.5 Å². The van der Waals surface area contributed by atoms with Gasteiger partial charge in [-0.1, -0.05) is 25.1 Å². The molecule has 22 heavy (non-hydrogen) atoms. The molecule has 120 valence electrons. The first-order chi connectivity index (χ1) is 10.6. The van der Waals surface area contributed by atoms with Crippen molar-refractivity contribution in [2.45, 2.75) is 19.8 Å². The van der Waals surface area contributed by atoms with E-state index in [2.05, 4.69) is 21.3 Å². The molecule has 0 aromatic heterocycles. The van der Waals surface area contributed by atoms with E-state index in [9.17, 15) is 14.4 Å². The lowest BCUT2D eigenvalue weighted by molar-refractivity contribution is -0.121. The smallest absolute Gasteiger partial charge is 0.315 e. The monoisotopic (exact) mass is 306 g/mol. The van der Waals surface area contributed by atoms with Crippen LogP contribution in [-0.2, 0) is 9.59 Å². The summed E-state index contributed by atoms with van der Waals surface area (Å²) in [4.78, 5) is 34.4. The first-order valence-electron chi connectivity index (χ1n) is 7.25. The summed E-state index contributed by atoms with van der Waals surface area (Å²) < 4.78 is 0. The summed E-state index contributed by atoms with van der Waals surface area (Å²) in [6.07, 6.45) is 1.08. The maximum atomic E-state index is 11.6. The second-order valence-electron chi connectivity index (χ2n) is 4.62. The van der Waals surface area contributed by atoms with Gasteiger partial charge in [-0.05, 0) is 18.6 Å². The van der Waals surface area contributed by atoms with Crippen molar-refractivity contribution < 1.29 is 14.4 Å². The van der Waals surface area contributed by atoms with Crippen molar-refractivity contribution in [3.8, 4) is 0 Å². The Hall–Kier alpha value is -2.57. The van der Waals surface area contributed by atoms with E-state index < -0.39 is 6.03 Å². The van der Waals surface area contributed by atoms with Crippen LogP contribution in [0.2, 0.25) is 0 Å². The first kappa shape index (κ1) is 17.5. The molecule has 0 bridgehead atoms. The quantitative estimate of drug-likeness (QED) is 0.572. The van der Waals surface area contributed by atoms with Gasteiger partial charge in [-0.15, -0.1) is 0 Å². The normalized spacial score (nSPS) is 9.68. The van der Waals surface area contributed by atoms with Crippen molar-refractivity contribution >= 4 is 23.5 Å². The minimum atomic E-state index is -0.480. The van der Waals surface area contributed by atoms with E-state index in [0.29, 0.717) is 12.2 Å². The molecule has 0 aliphatic carbocycles. The third-order valence-corrected chi connectivity index (χ3v) is 2.68. The lowest BCUT2D eigenvalue weighted by Gasteiger charge is -2.08. The molecular weight excluding hydrogens is 284 g/mol. The van der Waals surface area contributed by atoms with Crippen molar-refractivity contribution in [1.29, 1.82) is 0 Å². The Kier molecular flexibility index (Phi) is 8.10. The van der Waals surface area contributed by atoms with Gasteiger partial charge in [0.05, 0.1) is 6.54 Å². The lowest BCUT2D eigenvalue weighted by atomic mass is 10.3. The molecule has 4 N–H and O–H groups in total. The van der Waals surface area contributed by atoms with Gasteiger partial charge in [-0.25, -0.2) is 4.79 Å². The van der Waals surface area contributed by atoms with Crippen LogP contribution < -0.4 is 21.3 Å². The number of carbonyl (C=O) groups is 3. The van der Waals surface area contributed by atoms with E-state index in [1.165, 1.54) is 0 Å². The van der Waals surface area contributed by atoms with Crippen molar-refractivity contribution in [1.82, 2.24) is 16.0 Å². The Morgan fingerprint density at radius 3 is 2.32 bits per heavy atom. The first-order valence-corrected chi connectivity index (χ1v) is 7.25. The fraction of sp³-hybridized carbons (Fsp3) is 0.400. The van der Waals surface area contributed by atoms with Gasteiger partial charge < -0.3 is 21.3 Å². The zero-order valence-corrected chi connectivity index (χ0v) is 12.6. The van der Waals surface area contributed by atoms with E-state index in [1.54, 1.807) is 24.3 Å². The molecule has 0 fully saturated rings. The van der Waals surface area contributed by atoms with Crippen molar-refractivity contribution in [3.63, 3.8) is 0 Å². The average molecular weight is 306 g/mol.